The second-order valence-corrected chi connectivity index (χ2v) is 7.18. The van der Waals surface area contributed by atoms with Gasteiger partial charge in [0, 0.05) is 31.3 Å². The van der Waals surface area contributed by atoms with E-state index in [1.807, 2.05) is 0 Å². The Hall–Kier alpha value is -3.48. The topological polar surface area (TPSA) is 208 Å². The highest BCUT2D eigenvalue weighted by Crippen LogP contribution is 2.18. The van der Waals surface area contributed by atoms with Gasteiger partial charge in [-0.25, -0.2) is 9.78 Å². The van der Waals surface area contributed by atoms with E-state index in [0.717, 1.165) is 0 Å². The number of hydrogen-bond donors (Lipinski definition) is 6. The molecule has 0 bridgehead atoms. The van der Waals surface area contributed by atoms with Gasteiger partial charge in [-0.05, 0) is 19.3 Å². The van der Waals surface area contributed by atoms with Crippen molar-refractivity contribution in [2.24, 2.45) is 5.73 Å². The summed E-state index contributed by atoms with van der Waals surface area (Å²) in [5.74, 6) is -4.08. The number of aromatic amines is 1. The van der Waals surface area contributed by atoms with Crippen molar-refractivity contribution in [3.8, 4) is 0 Å². The van der Waals surface area contributed by atoms with Crippen LogP contribution in [-0.4, -0.2) is 86.0 Å². The zero-order valence-electron chi connectivity index (χ0n) is 16.7. The van der Waals surface area contributed by atoms with Crippen molar-refractivity contribution in [2.45, 2.75) is 50.2 Å². The standard InChI is InChI=1S/C18H26N6O7/c19-11(3-4-15(26)27)16(28)21-8-14(25)24-5-1-2-13(24)17(29)23-12(18(30)31)6-10-7-20-9-22-10/h7,9,11-13H,1-6,8,19H2,(H,20,22)(H,21,28)(H,23,29)(H,26,27)(H,30,31). The molecule has 170 valence electrons. The van der Waals surface area contributed by atoms with Crippen molar-refractivity contribution >= 4 is 29.7 Å². The Morgan fingerprint density at radius 1 is 1.29 bits per heavy atom. The average Bonchev–Trinajstić information content (AvgIpc) is 3.41. The van der Waals surface area contributed by atoms with Crippen molar-refractivity contribution in [2.75, 3.05) is 13.1 Å². The molecular weight excluding hydrogens is 412 g/mol. The summed E-state index contributed by atoms with van der Waals surface area (Å²) in [5, 5.41) is 22.8. The minimum Gasteiger partial charge on any atom is -0.481 e. The SMILES string of the molecule is NC(CCC(=O)O)C(=O)NCC(=O)N1CCCC1C(=O)NC(Cc1cnc[nH]1)C(=O)O. The van der Waals surface area contributed by atoms with E-state index in [9.17, 15) is 29.1 Å². The van der Waals surface area contributed by atoms with Crippen molar-refractivity contribution < 1.29 is 34.2 Å². The zero-order valence-corrected chi connectivity index (χ0v) is 16.7. The number of carboxylic acids is 2. The van der Waals surface area contributed by atoms with Gasteiger partial charge in [-0.3, -0.25) is 19.2 Å². The highest BCUT2D eigenvalue weighted by atomic mass is 16.4. The summed E-state index contributed by atoms with van der Waals surface area (Å²) in [6, 6.07) is -3.12. The predicted octanol–water partition coefficient (Wildman–Crippen LogP) is -2.18. The number of rotatable bonds is 11. The van der Waals surface area contributed by atoms with Crippen molar-refractivity contribution in [1.82, 2.24) is 25.5 Å². The minimum absolute atomic E-state index is 0.00598. The Kier molecular flexibility index (Phi) is 8.49. The van der Waals surface area contributed by atoms with Gasteiger partial charge in [-0.15, -0.1) is 0 Å². The van der Waals surface area contributed by atoms with E-state index in [-0.39, 0.29) is 25.8 Å². The average molecular weight is 438 g/mol. The number of H-pyrrole nitrogens is 1. The van der Waals surface area contributed by atoms with E-state index in [1.165, 1.54) is 17.4 Å². The van der Waals surface area contributed by atoms with Crippen LogP contribution in [0.15, 0.2) is 12.5 Å². The first-order chi connectivity index (χ1) is 14.7. The molecule has 2 heterocycles. The van der Waals surface area contributed by atoms with Gasteiger partial charge in [0.05, 0.1) is 18.9 Å². The Morgan fingerprint density at radius 3 is 2.65 bits per heavy atom. The van der Waals surface area contributed by atoms with E-state index in [1.54, 1.807) is 0 Å². The monoisotopic (exact) mass is 438 g/mol. The number of carboxylic acid groups (broad SMARTS) is 2. The van der Waals surface area contributed by atoms with Crippen LogP contribution in [0.25, 0.3) is 0 Å². The van der Waals surface area contributed by atoms with Gasteiger partial charge in [0.1, 0.15) is 12.1 Å². The van der Waals surface area contributed by atoms with Gasteiger partial charge in [0.2, 0.25) is 17.7 Å². The number of aliphatic carboxylic acids is 2. The summed E-state index contributed by atoms with van der Waals surface area (Å²) in [6.07, 6.45) is 3.42. The molecule has 13 heteroatoms. The lowest BCUT2D eigenvalue weighted by Gasteiger charge is -2.25. The van der Waals surface area contributed by atoms with E-state index in [2.05, 4.69) is 20.6 Å². The molecule has 0 saturated carbocycles. The predicted molar refractivity (Wildman–Crippen MR) is 104 cm³/mol. The third kappa shape index (κ3) is 7.06. The van der Waals surface area contributed by atoms with Crippen molar-refractivity contribution in [1.29, 1.82) is 0 Å². The molecule has 7 N–H and O–H groups in total. The molecule has 3 amide bonds. The minimum atomic E-state index is -1.22. The molecular formula is C18H26N6O7. The molecule has 3 atom stereocenters. The van der Waals surface area contributed by atoms with Gasteiger partial charge >= 0.3 is 11.9 Å². The normalized spacial score (nSPS) is 17.6. The Morgan fingerprint density at radius 2 is 2.03 bits per heavy atom. The van der Waals surface area contributed by atoms with E-state index in [0.29, 0.717) is 18.5 Å². The van der Waals surface area contributed by atoms with Crippen LogP contribution >= 0.6 is 0 Å². The molecule has 1 aliphatic heterocycles. The molecule has 1 aromatic heterocycles. The lowest BCUT2D eigenvalue weighted by atomic mass is 10.1. The van der Waals surface area contributed by atoms with Crippen molar-refractivity contribution in [3.05, 3.63) is 18.2 Å². The second kappa shape index (κ2) is 11.1. The lowest BCUT2D eigenvalue weighted by molar-refractivity contribution is -0.144. The van der Waals surface area contributed by atoms with Crippen LogP contribution in [0.3, 0.4) is 0 Å². The molecule has 0 aliphatic carbocycles. The summed E-state index contributed by atoms with van der Waals surface area (Å²) < 4.78 is 0. The third-order valence-electron chi connectivity index (χ3n) is 4.89. The van der Waals surface area contributed by atoms with Gasteiger partial charge in [-0.2, -0.15) is 0 Å². The molecule has 13 nitrogen and oxygen atoms in total. The van der Waals surface area contributed by atoms with Crippen LogP contribution in [0.1, 0.15) is 31.4 Å². The molecule has 1 aliphatic rings. The lowest BCUT2D eigenvalue weighted by Crippen LogP contribution is -2.53. The maximum absolute atomic E-state index is 12.6. The molecule has 0 radical (unpaired) electrons. The van der Waals surface area contributed by atoms with E-state index >= 15 is 0 Å². The molecule has 3 unspecified atom stereocenters. The molecule has 31 heavy (non-hydrogen) atoms. The number of amides is 3. The second-order valence-electron chi connectivity index (χ2n) is 7.18. The fraction of sp³-hybridized carbons (Fsp3) is 0.556. The van der Waals surface area contributed by atoms with Gasteiger partial charge in [0.25, 0.3) is 0 Å². The van der Waals surface area contributed by atoms with Crippen LogP contribution in [-0.2, 0) is 30.4 Å². The largest absolute Gasteiger partial charge is 0.481 e. The number of nitrogens with two attached hydrogens (primary N) is 1. The smallest absolute Gasteiger partial charge is 0.326 e. The molecule has 1 fully saturated rings. The molecule has 2 rings (SSSR count). The maximum atomic E-state index is 12.6. The number of nitrogens with zero attached hydrogens (tertiary/aromatic N) is 2. The number of aromatic nitrogens is 2. The first kappa shape index (κ1) is 23.8. The maximum Gasteiger partial charge on any atom is 0.326 e. The van der Waals surface area contributed by atoms with E-state index in [4.69, 9.17) is 10.8 Å². The first-order valence-electron chi connectivity index (χ1n) is 9.74. The van der Waals surface area contributed by atoms with Crippen LogP contribution in [0.5, 0.6) is 0 Å². The van der Waals surface area contributed by atoms with E-state index < -0.39 is 54.3 Å². The summed E-state index contributed by atoms with van der Waals surface area (Å²) in [6.45, 7) is -0.115. The number of likely N-dealkylation sites (tertiary alicyclic amines) is 1. The number of hydrogen-bond acceptors (Lipinski definition) is 7. The highest BCUT2D eigenvalue weighted by molar-refractivity contribution is 5.93. The Balaban J connectivity index is 1.89. The fourth-order valence-electron chi connectivity index (χ4n) is 3.23. The summed E-state index contributed by atoms with van der Waals surface area (Å²) in [4.78, 5) is 67.0. The van der Waals surface area contributed by atoms with Crippen LogP contribution in [0, 0.1) is 0 Å². The number of carbonyl (C=O) groups excluding carboxylic acids is 3. The molecule has 1 saturated heterocycles. The first-order valence-corrected chi connectivity index (χ1v) is 9.74. The van der Waals surface area contributed by atoms with Crippen LogP contribution < -0.4 is 16.4 Å². The number of nitrogens with one attached hydrogen (secondary N) is 3. The van der Waals surface area contributed by atoms with Crippen LogP contribution in [0.2, 0.25) is 0 Å². The number of carbonyl (C=O) groups is 5. The van der Waals surface area contributed by atoms with Gasteiger partial charge in [-0.1, -0.05) is 0 Å². The molecule has 0 spiro atoms. The Bertz CT molecular complexity index is 812. The highest BCUT2D eigenvalue weighted by Gasteiger charge is 2.36. The molecule has 0 aromatic carbocycles. The van der Waals surface area contributed by atoms with Gasteiger partial charge in [0.15, 0.2) is 0 Å². The summed E-state index contributed by atoms with van der Waals surface area (Å²) >= 11 is 0. The van der Waals surface area contributed by atoms with Gasteiger partial charge < -0.3 is 36.5 Å². The zero-order chi connectivity index (χ0) is 23.0. The Labute approximate surface area is 177 Å². The summed E-state index contributed by atoms with van der Waals surface area (Å²) in [5.41, 5.74) is 6.13. The fourth-order valence-corrected chi connectivity index (χ4v) is 3.23. The third-order valence-corrected chi connectivity index (χ3v) is 4.89. The van der Waals surface area contributed by atoms with Crippen LogP contribution in [0.4, 0.5) is 0 Å². The number of imidazole rings is 1. The quantitative estimate of drug-likeness (QED) is 0.222. The van der Waals surface area contributed by atoms with Crippen molar-refractivity contribution in [3.63, 3.8) is 0 Å². The summed E-state index contributed by atoms with van der Waals surface area (Å²) in [7, 11) is 0. The molecule has 1 aromatic rings.